The molecule has 0 saturated carbocycles. The van der Waals surface area contributed by atoms with Crippen molar-refractivity contribution in [1.29, 1.82) is 0 Å². The van der Waals surface area contributed by atoms with Crippen LogP contribution < -0.4 is 0 Å². The second kappa shape index (κ2) is 7.35. The van der Waals surface area contributed by atoms with E-state index in [9.17, 15) is 21.6 Å². The van der Waals surface area contributed by atoms with Crippen LogP contribution >= 0.6 is 0 Å². The number of nitrogens with zero attached hydrogens (tertiary/aromatic N) is 2. The summed E-state index contributed by atoms with van der Waals surface area (Å²) in [4.78, 5) is 0.211. The van der Waals surface area contributed by atoms with E-state index in [2.05, 4.69) is 5.10 Å². The average molecular weight is 444 g/mol. The second-order valence-corrected chi connectivity index (χ2v) is 10.6. The van der Waals surface area contributed by atoms with Gasteiger partial charge in [-0.15, -0.1) is 0 Å². The van der Waals surface area contributed by atoms with Crippen molar-refractivity contribution < 1.29 is 31.1 Å². The SMILES string of the molecule is Cc1cccc(S(=O)(=O)[C@]2(C)CCO[C@@H](c3cc(C(F)(F)F)nn3C3COC3)C2)c1. The Morgan fingerprint density at radius 1 is 1.23 bits per heavy atom. The minimum atomic E-state index is -4.60. The second-order valence-electron chi connectivity index (χ2n) is 8.17. The smallest absolute Gasteiger partial charge is 0.377 e. The largest absolute Gasteiger partial charge is 0.435 e. The maximum absolute atomic E-state index is 13.4. The molecule has 0 amide bonds. The van der Waals surface area contributed by atoms with E-state index >= 15 is 0 Å². The van der Waals surface area contributed by atoms with Crippen molar-refractivity contribution in [2.45, 2.75) is 54.7 Å². The summed E-state index contributed by atoms with van der Waals surface area (Å²) < 4.78 is 77.7. The summed E-state index contributed by atoms with van der Waals surface area (Å²) in [7, 11) is -3.73. The molecule has 3 heterocycles. The van der Waals surface area contributed by atoms with Gasteiger partial charge in [0, 0.05) is 6.61 Å². The van der Waals surface area contributed by atoms with Gasteiger partial charge in [-0.2, -0.15) is 18.3 Å². The van der Waals surface area contributed by atoms with Crippen LogP contribution in [-0.4, -0.2) is 42.8 Å². The number of rotatable bonds is 4. The van der Waals surface area contributed by atoms with Crippen molar-refractivity contribution in [3.8, 4) is 0 Å². The molecule has 0 unspecified atom stereocenters. The molecule has 1 aromatic heterocycles. The van der Waals surface area contributed by atoms with E-state index in [-0.39, 0.29) is 49.3 Å². The highest BCUT2D eigenvalue weighted by molar-refractivity contribution is 7.92. The van der Waals surface area contributed by atoms with Gasteiger partial charge in [-0.05, 0) is 50.5 Å². The van der Waals surface area contributed by atoms with Crippen LogP contribution in [0.4, 0.5) is 13.2 Å². The van der Waals surface area contributed by atoms with Crippen molar-refractivity contribution in [1.82, 2.24) is 9.78 Å². The molecular weight excluding hydrogens is 421 g/mol. The summed E-state index contributed by atoms with van der Waals surface area (Å²) in [5.74, 6) is 0. The quantitative estimate of drug-likeness (QED) is 0.716. The fourth-order valence-corrected chi connectivity index (χ4v) is 5.81. The predicted molar refractivity (Wildman–Crippen MR) is 102 cm³/mol. The molecule has 0 aliphatic carbocycles. The van der Waals surface area contributed by atoms with Crippen LogP contribution in [0.1, 0.15) is 48.9 Å². The number of aryl methyl sites for hydroxylation is 1. The van der Waals surface area contributed by atoms with Gasteiger partial charge in [0.2, 0.25) is 0 Å². The number of benzene rings is 1. The van der Waals surface area contributed by atoms with E-state index in [4.69, 9.17) is 9.47 Å². The molecule has 4 rings (SSSR count). The van der Waals surface area contributed by atoms with Crippen molar-refractivity contribution in [3.63, 3.8) is 0 Å². The zero-order valence-electron chi connectivity index (χ0n) is 16.6. The Morgan fingerprint density at radius 3 is 2.57 bits per heavy atom. The summed E-state index contributed by atoms with van der Waals surface area (Å²) >= 11 is 0. The Bertz CT molecular complexity index is 1050. The van der Waals surface area contributed by atoms with E-state index in [1.807, 2.05) is 13.0 Å². The fraction of sp³-hybridized carbons (Fsp3) is 0.550. The van der Waals surface area contributed by atoms with Crippen molar-refractivity contribution >= 4 is 9.84 Å². The minimum absolute atomic E-state index is 0.0415. The molecule has 2 fully saturated rings. The first-order chi connectivity index (χ1) is 14.0. The third-order valence-electron chi connectivity index (χ3n) is 5.87. The highest BCUT2D eigenvalue weighted by Crippen LogP contribution is 2.43. The number of aromatic nitrogens is 2. The van der Waals surface area contributed by atoms with Crippen LogP contribution in [0.25, 0.3) is 0 Å². The van der Waals surface area contributed by atoms with Crippen molar-refractivity contribution in [2.24, 2.45) is 0 Å². The van der Waals surface area contributed by atoms with Crippen LogP contribution in [0.5, 0.6) is 0 Å². The third kappa shape index (κ3) is 3.65. The summed E-state index contributed by atoms with van der Waals surface area (Å²) in [5.41, 5.74) is 0.0453. The lowest BCUT2D eigenvalue weighted by atomic mass is 9.94. The van der Waals surface area contributed by atoms with Crippen LogP contribution in [0.2, 0.25) is 0 Å². The van der Waals surface area contributed by atoms with Crippen molar-refractivity contribution in [2.75, 3.05) is 19.8 Å². The molecule has 164 valence electrons. The lowest BCUT2D eigenvalue weighted by Crippen LogP contribution is -2.43. The number of hydrogen-bond donors (Lipinski definition) is 0. The number of alkyl halides is 3. The van der Waals surface area contributed by atoms with Crippen molar-refractivity contribution in [3.05, 3.63) is 47.3 Å². The monoisotopic (exact) mass is 444 g/mol. The molecule has 0 spiro atoms. The van der Waals surface area contributed by atoms with Gasteiger partial charge < -0.3 is 9.47 Å². The molecule has 0 bridgehead atoms. The molecule has 6 nitrogen and oxygen atoms in total. The van der Waals surface area contributed by atoms with E-state index in [1.165, 1.54) is 4.68 Å². The Hall–Kier alpha value is -1.91. The predicted octanol–water partition coefficient (Wildman–Crippen LogP) is 3.87. The maximum atomic E-state index is 13.4. The highest BCUT2D eigenvalue weighted by Gasteiger charge is 2.47. The minimum Gasteiger partial charge on any atom is -0.377 e. The topological polar surface area (TPSA) is 70.4 Å². The lowest BCUT2D eigenvalue weighted by Gasteiger charge is -2.38. The first-order valence-corrected chi connectivity index (χ1v) is 11.2. The average Bonchev–Trinajstić information content (AvgIpc) is 3.05. The molecule has 2 aliphatic heterocycles. The maximum Gasteiger partial charge on any atom is 0.435 e. The Balaban J connectivity index is 1.70. The molecule has 0 N–H and O–H groups in total. The van der Waals surface area contributed by atoms with Gasteiger partial charge >= 0.3 is 6.18 Å². The molecule has 2 atom stereocenters. The Kier molecular flexibility index (Phi) is 5.22. The zero-order valence-corrected chi connectivity index (χ0v) is 17.5. The standard InChI is InChI=1S/C20H23F3N2O4S/c1-13-4-3-5-15(8-13)30(26,27)19(2)6-7-29-17(10-19)16-9-18(20(21,22)23)24-25(16)14-11-28-12-14/h3-5,8-9,14,17H,6-7,10-12H2,1-2H3/t17-,19-/m1/s1. The van der Waals surface area contributed by atoms with E-state index < -0.39 is 32.6 Å². The van der Waals surface area contributed by atoms with E-state index in [0.717, 1.165) is 11.6 Å². The molecule has 0 radical (unpaired) electrons. The van der Waals surface area contributed by atoms with Gasteiger partial charge in [-0.1, -0.05) is 12.1 Å². The normalized spacial score (nSPS) is 25.8. The lowest BCUT2D eigenvalue weighted by molar-refractivity contribution is -0.142. The summed E-state index contributed by atoms with van der Waals surface area (Å²) in [5, 5.41) is 3.74. The van der Waals surface area contributed by atoms with Crippen LogP contribution in [-0.2, 0) is 25.5 Å². The van der Waals surface area contributed by atoms with Gasteiger partial charge in [0.15, 0.2) is 15.5 Å². The Morgan fingerprint density at radius 2 is 1.97 bits per heavy atom. The number of ether oxygens (including phenoxy) is 2. The number of hydrogen-bond acceptors (Lipinski definition) is 5. The number of sulfone groups is 1. The fourth-order valence-electron chi connectivity index (χ4n) is 3.92. The molecule has 2 saturated heterocycles. The van der Waals surface area contributed by atoms with Gasteiger partial charge in [-0.3, -0.25) is 4.68 Å². The van der Waals surface area contributed by atoms with E-state index in [0.29, 0.717) is 0 Å². The van der Waals surface area contributed by atoms with Gasteiger partial charge in [-0.25, -0.2) is 8.42 Å². The zero-order chi connectivity index (χ0) is 21.7. The van der Waals surface area contributed by atoms with Crippen LogP contribution in [0.3, 0.4) is 0 Å². The molecular formula is C20H23F3N2O4S. The molecule has 1 aromatic carbocycles. The van der Waals surface area contributed by atoms with E-state index in [1.54, 1.807) is 25.1 Å². The first-order valence-electron chi connectivity index (χ1n) is 9.68. The Labute approximate surface area is 172 Å². The van der Waals surface area contributed by atoms with Crippen LogP contribution in [0, 0.1) is 6.92 Å². The van der Waals surface area contributed by atoms with Gasteiger partial charge in [0.25, 0.3) is 0 Å². The first kappa shape index (κ1) is 21.3. The highest BCUT2D eigenvalue weighted by atomic mass is 32.2. The molecule has 2 aliphatic rings. The molecule has 10 heteroatoms. The molecule has 30 heavy (non-hydrogen) atoms. The summed E-state index contributed by atoms with van der Waals surface area (Å²) in [6, 6.07) is 7.31. The third-order valence-corrected chi connectivity index (χ3v) is 8.41. The summed E-state index contributed by atoms with van der Waals surface area (Å²) in [6.07, 6.45) is -5.12. The van der Waals surface area contributed by atoms with Gasteiger partial charge in [0.1, 0.15) is 6.10 Å². The molecule has 2 aromatic rings. The van der Waals surface area contributed by atoms with Gasteiger partial charge in [0.05, 0.1) is 34.6 Å². The number of halogens is 3. The van der Waals surface area contributed by atoms with Crippen LogP contribution in [0.15, 0.2) is 35.2 Å². The summed E-state index contributed by atoms with van der Waals surface area (Å²) in [6.45, 7) is 4.10.